The van der Waals surface area contributed by atoms with Gasteiger partial charge in [-0.1, -0.05) is 13.8 Å². The number of carbonyl (C=O) groups is 1. The predicted octanol–water partition coefficient (Wildman–Crippen LogP) is 0.544. The van der Waals surface area contributed by atoms with Crippen LogP contribution < -0.4 is 10.6 Å². The molecule has 18 heavy (non-hydrogen) atoms. The van der Waals surface area contributed by atoms with Crippen molar-refractivity contribution in [3.05, 3.63) is 0 Å². The molecule has 0 aliphatic carbocycles. The van der Waals surface area contributed by atoms with Crippen molar-refractivity contribution < 1.29 is 14.3 Å². The Labute approximate surface area is 110 Å². The second-order valence-corrected chi connectivity index (χ2v) is 5.51. The van der Waals surface area contributed by atoms with Gasteiger partial charge in [0, 0.05) is 32.8 Å². The molecule has 0 bridgehead atoms. The van der Waals surface area contributed by atoms with E-state index < -0.39 is 0 Å². The van der Waals surface area contributed by atoms with Gasteiger partial charge in [-0.25, -0.2) is 0 Å². The highest BCUT2D eigenvalue weighted by Gasteiger charge is 2.32. The Hall–Kier alpha value is -0.650. The van der Waals surface area contributed by atoms with Crippen LogP contribution in [0.4, 0.5) is 0 Å². The van der Waals surface area contributed by atoms with Gasteiger partial charge < -0.3 is 20.1 Å². The highest BCUT2D eigenvalue weighted by atomic mass is 16.5. The Balaban J connectivity index is 1.90. The molecule has 0 unspecified atom stereocenters. The molecule has 0 saturated carbocycles. The summed E-state index contributed by atoms with van der Waals surface area (Å²) < 4.78 is 11.0. The van der Waals surface area contributed by atoms with E-state index in [1.807, 2.05) is 6.92 Å². The molecule has 1 amide bonds. The van der Waals surface area contributed by atoms with Crippen LogP contribution in [0.1, 0.15) is 27.2 Å². The molecule has 1 aliphatic heterocycles. The number of nitrogens with one attached hydrogen (secondary N) is 2. The Morgan fingerprint density at radius 1 is 1.44 bits per heavy atom. The summed E-state index contributed by atoms with van der Waals surface area (Å²) in [5, 5.41) is 5.95. The third-order valence-corrected chi connectivity index (χ3v) is 2.79. The van der Waals surface area contributed by atoms with Crippen molar-refractivity contribution in [3.8, 4) is 0 Å². The van der Waals surface area contributed by atoms with Crippen molar-refractivity contribution in [3.63, 3.8) is 0 Å². The molecule has 0 spiro atoms. The molecule has 0 aromatic carbocycles. The summed E-state index contributed by atoms with van der Waals surface area (Å²) in [7, 11) is 0. The van der Waals surface area contributed by atoms with Crippen LogP contribution in [-0.4, -0.2) is 51.0 Å². The van der Waals surface area contributed by atoms with Crippen molar-refractivity contribution in [2.24, 2.45) is 5.92 Å². The molecule has 0 atom stereocenters. The molecule has 1 rings (SSSR count). The maximum Gasteiger partial charge on any atom is 0.246 e. The van der Waals surface area contributed by atoms with Gasteiger partial charge in [-0.3, -0.25) is 4.79 Å². The maximum absolute atomic E-state index is 11.5. The van der Waals surface area contributed by atoms with Gasteiger partial charge in [0.2, 0.25) is 5.91 Å². The molecule has 0 aromatic heterocycles. The lowest BCUT2D eigenvalue weighted by molar-refractivity contribution is -0.135. The van der Waals surface area contributed by atoms with Crippen molar-refractivity contribution in [1.29, 1.82) is 0 Å². The molecular weight excluding hydrogens is 232 g/mol. The van der Waals surface area contributed by atoms with E-state index in [0.29, 0.717) is 19.1 Å². The molecule has 1 heterocycles. The minimum absolute atomic E-state index is 0.0491. The van der Waals surface area contributed by atoms with E-state index in [-0.39, 0.29) is 18.1 Å². The topological polar surface area (TPSA) is 59.6 Å². The lowest BCUT2D eigenvalue weighted by Crippen LogP contribution is -2.59. The molecule has 1 saturated heterocycles. The summed E-state index contributed by atoms with van der Waals surface area (Å²) >= 11 is 0. The minimum Gasteiger partial charge on any atom is -0.381 e. The summed E-state index contributed by atoms with van der Waals surface area (Å²) in [6, 6.07) is 0. The van der Waals surface area contributed by atoms with Crippen molar-refractivity contribution in [2.45, 2.75) is 32.8 Å². The molecule has 2 N–H and O–H groups in total. The summed E-state index contributed by atoms with van der Waals surface area (Å²) in [6.45, 7) is 10.2. The van der Waals surface area contributed by atoms with E-state index in [1.54, 1.807) is 0 Å². The molecule has 1 fully saturated rings. The fourth-order valence-corrected chi connectivity index (χ4v) is 1.59. The summed E-state index contributed by atoms with van der Waals surface area (Å²) in [5.41, 5.74) is -0.155. The second-order valence-electron chi connectivity index (χ2n) is 5.51. The van der Waals surface area contributed by atoms with Gasteiger partial charge in [-0.2, -0.15) is 0 Å². The summed E-state index contributed by atoms with van der Waals surface area (Å²) in [4.78, 5) is 11.5. The van der Waals surface area contributed by atoms with Crippen molar-refractivity contribution >= 4 is 5.91 Å². The zero-order valence-electron chi connectivity index (χ0n) is 11.8. The van der Waals surface area contributed by atoms with Gasteiger partial charge in [0.1, 0.15) is 6.61 Å². The smallest absolute Gasteiger partial charge is 0.246 e. The first kappa shape index (κ1) is 15.4. The molecule has 5 nitrogen and oxygen atoms in total. The molecular formula is C13H26N2O3. The van der Waals surface area contributed by atoms with Crippen molar-refractivity contribution in [1.82, 2.24) is 10.6 Å². The third kappa shape index (κ3) is 6.33. The van der Waals surface area contributed by atoms with E-state index in [0.717, 1.165) is 26.1 Å². The average molecular weight is 258 g/mol. The fourth-order valence-electron chi connectivity index (χ4n) is 1.59. The van der Waals surface area contributed by atoms with Crippen LogP contribution in [0.2, 0.25) is 0 Å². The van der Waals surface area contributed by atoms with Crippen LogP contribution in [0.15, 0.2) is 0 Å². The first-order valence-corrected chi connectivity index (χ1v) is 6.71. The predicted molar refractivity (Wildman–Crippen MR) is 70.5 cm³/mol. The first-order valence-electron chi connectivity index (χ1n) is 6.71. The van der Waals surface area contributed by atoms with Gasteiger partial charge in [0.05, 0.1) is 5.60 Å². The molecule has 106 valence electrons. The largest absolute Gasteiger partial charge is 0.381 e. The summed E-state index contributed by atoms with van der Waals surface area (Å²) in [5.74, 6) is 0.511. The second kappa shape index (κ2) is 7.71. The number of ether oxygens (including phenoxy) is 2. The van der Waals surface area contributed by atoms with Gasteiger partial charge in [-0.05, 0) is 19.3 Å². The quantitative estimate of drug-likeness (QED) is 0.593. The number of hydrogen-bond donors (Lipinski definition) is 2. The molecule has 0 aromatic rings. The Morgan fingerprint density at radius 2 is 2.17 bits per heavy atom. The van der Waals surface area contributed by atoms with Crippen LogP contribution in [0, 0.1) is 5.92 Å². The van der Waals surface area contributed by atoms with Crippen LogP contribution in [0.5, 0.6) is 0 Å². The minimum atomic E-state index is -0.155. The Kier molecular flexibility index (Phi) is 6.60. The van der Waals surface area contributed by atoms with E-state index in [4.69, 9.17) is 9.47 Å². The SMILES string of the molecule is CC(C)COCCCNC(=O)COC1(C)CNC1. The number of rotatable bonds is 9. The van der Waals surface area contributed by atoms with Crippen LogP contribution in [0.3, 0.4) is 0 Å². The highest BCUT2D eigenvalue weighted by molar-refractivity contribution is 5.77. The lowest BCUT2D eigenvalue weighted by Gasteiger charge is -2.38. The van der Waals surface area contributed by atoms with Gasteiger partial charge in [0.15, 0.2) is 0 Å². The van der Waals surface area contributed by atoms with Gasteiger partial charge >= 0.3 is 0 Å². The Bertz CT molecular complexity index is 253. The normalized spacial score (nSPS) is 17.6. The monoisotopic (exact) mass is 258 g/mol. The number of hydrogen-bond acceptors (Lipinski definition) is 4. The third-order valence-electron chi connectivity index (χ3n) is 2.79. The summed E-state index contributed by atoms with van der Waals surface area (Å²) in [6.07, 6.45) is 0.845. The van der Waals surface area contributed by atoms with Crippen LogP contribution in [-0.2, 0) is 14.3 Å². The van der Waals surface area contributed by atoms with E-state index >= 15 is 0 Å². The van der Waals surface area contributed by atoms with E-state index in [2.05, 4.69) is 24.5 Å². The molecule has 5 heteroatoms. The first-order chi connectivity index (χ1) is 8.52. The van der Waals surface area contributed by atoms with Crippen molar-refractivity contribution in [2.75, 3.05) is 39.5 Å². The Morgan fingerprint density at radius 3 is 2.72 bits per heavy atom. The average Bonchev–Trinajstić information content (AvgIpc) is 2.28. The van der Waals surface area contributed by atoms with Gasteiger partial charge in [0.25, 0.3) is 0 Å². The molecule has 0 radical (unpaired) electrons. The standard InChI is InChI=1S/C13H26N2O3/c1-11(2)7-17-6-4-5-15-12(16)8-18-13(3)9-14-10-13/h11,14H,4-10H2,1-3H3,(H,15,16). The maximum atomic E-state index is 11.5. The number of amides is 1. The zero-order chi connectivity index (χ0) is 13.4. The molecule has 1 aliphatic rings. The van der Waals surface area contributed by atoms with Crippen LogP contribution in [0.25, 0.3) is 0 Å². The van der Waals surface area contributed by atoms with Gasteiger partial charge in [-0.15, -0.1) is 0 Å². The zero-order valence-corrected chi connectivity index (χ0v) is 11.8. The number of carbonyl (C=O) groups excluding carboxylic acids is 1. The van der Waals surface area contributed by atoms with E-state index in [1.165, 1.54) is 0 Å². The van der Waals surface area contributed by atoms with Crippen LogP contribution >= 0.6 is 0 Å². The highest BCUT2D eigenvalue weighted by Crippen LogP contribution is 2.14. The fraction of sp³-hybridized carbons (Fsp3) is 0.923. The lowest BCUT2D eigenvalue weighted by atomic mass is 10.0. The van der Waals surface area contributed by atoms with E-state index in [9.17, 15) is 4.79 Å².